The first-order valence-corrected chi connectivity index (χ1v) is 11.0. The lowest BCUT2D eigenvalue weighted by molar-refractivity contribution is -0.340. The Kier molecular flexibility index (Phi) is 5.18. The molecular weight excluding hydrogens is 450 g/mol. The van der Waals surface area contributed by atoms with Gasteiger partial charge in [0.15, 0.2) is 11.2 Å². The second kappa shape index (κ2) is 7.89. The summed E-state index contributed by atoms with van der Waals surface area (Å²) in [5.74, 6) is -4.10. The fourth-order valence-electron chi connectivity index (χ4n) is 5.67. The predicted molar refractivity (Wildman–Crippen MR) is 124 cm³/mol. The Balaban J connectivity index is 1.91. The summed E-state index contributed by atoms with van der Waals surface area (Å²) in [5.41, 5.74) is -3.54. The summed E-state index contributed by atoms with van der Waals surface area (Å²) in [4.78, 5) is 0. The smallest absolute Gasteiger partial charge is 0.244 e. The molecule has 3 aromatic carbocycles. The third kappa shape index (κ3) is 2.77. The summed E-state index contributed by atoms with van der Waals surface area (Å²) in [6, 6.07) is 20.7. The molecule has 1 saturated carbocycles. The van der Waals surface area contributed by atoms with Gasteiger partial charge in [0, 0.05) is 17.7 Å². The highest BCUT2D eigenvalue weighted by Gasteiger charge is 2.83. The summed E-state index contributed by atoms with van der Waals surface area (Å²) in [6.45, 7) is 0. The molecule has 0 amide bonds. The number of nitriles is 1. The number of hydrogen-bond acceptors (Lipinski definition) is 8. The van der Waals surface area contributed by atoms with E-state index in [4.69, 9.17) is 18.9 Å². The molecule has 1 heterocycles. The summed E-state index contributed by atoms with van der Waals surface area (Å²) < 4.78 is 22.7. The number of aliphatic hydroxyl groups is 3. The topological polar surface area (TPSA) is 121 Å². The highest BCUT2D eigenvalue weighted by atomic mass is 16.6. The van der Waals surface area contributed by atoms with Gasteiger partial charge >= 0.3 is 0 Å². The lowest BCUT2D eigenvalue weighted by atomic mass is 9.74. The molecule has 1 aliphatic carbocycles. The van der Waals surface area contributed by atoms with E-state index in [1.807, 2.05) is 6.07 Å². The molecule has 0 saturated heterocycles. The summed E-state index contributed by atoms with van der Waals surface area (Å²) in [5, 5.41) is 46.5. The molecule has 0 spiro atoms. The Labute approximate surface area is 202 Å². The van der Waals surface area contributed by atoms with Crippen molar-refractivity contribution in [3.63, 3.8) is 0 Å². The molecule has 2 bridgehead atoms. The molecule has 5 rings (SSSR count). The van der Waals surface area contributed by atoms with Gasteiger partial charge in [-0.2, -0.15) is 5.26 Å². The zero-order chi connectivity index (χ0) is 25.0. The lowest BCUT2D eigenvalue weighted by Crippen LogP contribution is -2.65. The summed E-state index contributed by atoms with van der Waals surface area (Å²) in [7, 11) is 4.37. The molecular formula is C27H25NO7. The number of nitrogens with zero attached hydrogens (tertiary/aromatic N) is 1. The fraction of sp³-hybridized carbons (Fsp3) is 0.296. The monoisotopic (exact) mass is 475 g/mol. The predicted octanol–water partition coefficient (Wildman–Crippen LogP) is 2.81. The highest BCUT2D eigenvalue weighted by molar-refractivity contribution is 5.62. The third-order valence-corrected chi connectivity index (χ3v) is 7.23. The molecule has 0 radical (unpaired) electrons. The Morgan fingerprint density at radius 1 is 0.857 bits per heavy atom. The molecule has 35 heavy (non-hydrogen) atoms. The van der Waals surface area contributed by atoms with Gasteiger partial charge in [-0.15, -0.1) is 0 Å². The minimum absolute atomic E-state index is 0.0279. The van der Waals surface area contributed by atoms with Crippen LogP contribution in [0.2, 0.25) is 0 Å². The van der Waals surface area contributed by atoms with Crippen LogP contribution in [0.1, 0.15) is 22.6 Å². The first-order chi connectivity index (χ1) is 16.8. The second-order valence-electron chi connectivity index (χ2n) is 8.70. The van der Waals surface area contributed by atoms with Crippen LogP contribution in [0, 0.1) is 17.2 Å². The zero-order valence-corrected chi connectivity index (χ0v) is 19.4. The number of hydrogen-bond donors (Lipinski definition) is 3. The molecule has 8 heteroatoms. The van der Waals surface area contributed by atoms with Crippen LogP contribution in [-0.2, 0) is 11.2 Å². The number of ether oxygens (including phenoxy) is 4. The maximum atomic E-state index is 12.2. The van der Waals surface area contributed by atoms with Crippen LogP contribution in [0.4, 0.5) is 0 Å². The second-order valence-corrected chi connectivity index (χ2v) is 8.70. The van der Waals surface area contributed by atoms with Crippen molar-refractivity contribution in [2.45, 2.75) is 22.9 Å². The van der Waals surface area contributed by atoms with Gasteiger partial charge in [0.05, 0.1) is 44.8 Å². The minimum Gasteiger partial charge on any atom is -0.497 e. The number of benzene rings is 3. The normalized spacial score (nSPS) is 27.8. The van der Waals surface area contributed by atoms with Crippen molar-refractivity contribution < 1.29 is 34.3 Å². The first kappa shape index (κ1) is 23.0. The van der Waals surface area contributed by atoms with Crippen molar-refractivity contribution in [3.8, 4) is 29.1 Å². The molecule has 2 aliphatic rings. The van der Waals surface area contributed by atoms with E-state index in [2.05, 4.69) is 6.07 Å². The first-order valence-electron chi connectivity index (χ1n) is 11.0. The molecule has 3 N–H and O–H groups in total. The van der Waals surface area contributed by atoms with Crippen LogP contribution < -0.4 is 18.9 Å². The molecule has 1 fully saturated rings. The van der Waals surface area contributed by atoms with Gasteiger partial charge in [0.1, 0.15) is 23.0 Å². The van der Waals surface area contributed by atoms with E-state index in [9.17, 15) is 20.6 Å². The fourth-order valence-corrected chi connectivity index (χ4v) is 5.67. The summed E-state index contributed by atoms with van der Waals surface area (Å²) >= 11 is 0. The van der Waals surface area contributed by atoms with Gasteiger partial charge in [0.2, 0.25) is 5.79 Å². The van der Waals surface area contributed by atoms with Gasteiger partial charge in [-0.25, -0.2) is 0 Å². The van der Waals surface area contributed by atoms with Gasteiger partial charge < -0.3 is 34.3 Å². The van der Waals surface area contributed by atoms with Gasteiger partial charge in [-0.05, 0) is 17.7 Å². The number of rotatable bonds is 5. The lowest BCUT2D eigenvalue weighted by Gasteiger charge is -2.50. The van der Waals surface area contributed by atoms with Crippen LogP contribution in [-0.4, -0.2) is 42.4 Å². The van der Waals surface area contributed by atoms with Crippen molar-refractivity contribution in [1.29, 1.82) is 5.26 Å². The Morgan fingerprint density at radius 2 is 1.51 bits per heavy atom. The van der Waals surface area contributed by atoms with E-state index in [0.29, 0.717) is 22.6 Å². The molecule has 1 aliphatic heterocycles. The maximum absolute atomic E-state index is 12.2. The molecule has 3 aromatic rings. The van der Waals surface area contributed by atoms with Crippen LogP contribution in [0.5, 0.6) is 23.0 Å². The van der Waals surface area contributed by atoms with Crippen molar-refractivity contribution in [2.75, 3.05) is 21.3 Å². The standard InChI is InChI=1S/C27H25NO7/c1-32-18-11-9-17(10-12-18)26-23(16-7-5-4-6-8-16)20(15-28)25(29,27(26,30)31)24-21(34-3)13-19(33-2)14-22(24)35-26/h4-14,20,23,29-31H,1-3H3/t20-,23-,25-,26+/m1/s1. The van der Waals surface area contributed by atoms with Crippen LogP contribution in [0.15, 0.2) is 66.7 Å². The van der Waals surface area contributed by atoms with Crippen molar-refractivity contribution in [3.05, 3.63) is 83.4 Å². The number of fused-ring (bicyclic) bond motifs is 4. The van der Waals surface area contributed by atoms with E-state index in [0.717, 1.165) is 0 Å². The quantitative estimate of drug-likeness (QED) is 0.482. The Hall–Kier alpha value is -3.77. The molecule has 0 unspecified atom stereocenters. The largest absolute Gasteiger partial charge is 0.497 e. The van der Waals surface area contributed by atoms with Gasteiger partial charge in [0.25, 0.3) is 0 Å². The van der Waals surface area contributed by atoms with E-state index < -0.39 is 28.8 Å². The molecule has 4 atom stereocenters. The van der Waals surface area contributed by atoms with Gasteiger partial charge in [-0.1, -0.05) is 42.5 Å². The average Bonchev–Trinajstić information content (AvgIpc) is 2.97. The Morgan fingerprint density at radius 3 is 2.09 bits per heavy atom. The van der Waals surface area contributed by atoms with Crippen molar-refractivity contribution >= 4 is 0 Å². The van der Waals surface area contributed by atoms with E-state index in [1.165, 1.54) is 33.5 Å². The molecule has 180 valence electrons. The SMILES string of the molecule is COc1ccc([C@]23Oc4cc(OC)cc(OC)c4[C@](O)([C@H](C#N)[C@H]2c2ccccc2)C3(O)O)cc1. The third-order valence-electron chi connectivity index (χ3n) is 7.23. The zero-order valence-electron chi connectivity index (χ0n) is 19.4. The average molecular weight is 475 g/mol. The van der Waals surface area contributed by atoms with E-state index >= 15 is 0 Å². The van der Waals surface area contributed by atoms with Crippen LogP contribution in [0.25, 0.3) is 0 Å². The van der Waals surface area contributed by atoms with Crippen molar-refractivity contribution in [1.82, 2.24) is 0 Å². The summed E-state index contributed by atoms with van der Waals surface area (Å²) in [6.07, 6.45) is 0. The molecule has 0 aromatic heterocycles. The highest BCUT2D eigenvalue weighted by Crippen LogP contribution is 2.71. The maximum Gasteiger partial charge on any atom is 0.244 e. The van der Waals surface area contributed by atoms with E-state index in [1.54, 1.807) is 48.5 Å². The van der Waals surface area contributed by atoms with Crippen molar-refractivity contribution in [2.24, 2.45) is 5.92 Å². The van der Waals surface area contributed by atoms with Gasteiger partial charge in [-0.3, -0.25) is 0 Å². The van der Waals surface area contributed by atoms with Crippen LogP contribution >= 0.6 is 0 Å². The van der Waals surface area contributed by atoms with E-state index in [-0.39, 0.29) is 17.1 Å². The molecule has 8 nitrogen and oxygen atoms in total. The van der Waals surface area contributed by atoms with Crippen LogP contribution in [0.3, 0.4) is 0 Å². The number of methoxy groups -OCH3 is 3. The minimum atomic E-state index is -2.94. The Bertz CT molecular complexity index is 1300.